The molecular formula is C23H23N3O4S. The number of benzene rings is 2. The molecule has 0 fully saturated rings. The van der Waals surface area contributed by atoms with E-state index in [-0.39, 0.29) is 24.3 Å². The minimum Gasteiger partial charge on any atom is -0.484 e. The van der Waals surface area contributed by atoms with Gasteiger partial charge in [-0.3, -0.25) is 14.4 Å². The Bertz CT molecular complexity index is 1050. The van der Waals surface area contributed by atoms with Crippen molar-refractivity contribution in [1.82, 2.24) is 5.32 Å². The summed E-state index contributed by atoms with van der Waals surface area (Å²) in [6.07, 6.45) is 0. The summed E-state index contributed by atoms with van der Waals surface area (Å²) in [5.74, 6) is -0.190. The van der Waals surface area contributed by atoms with Crippen LogP contribution in [0.5, 0.6) is 5.75 Å². The fourth-order valence-corrected chi connectivity index (χ4v) is 3.56. The van der Waals surface area contributed by atoms with E-state index >= 15 is 0 Å². The van der Waals surface area contributed by atoms with E-state index in [4.69, 9.17) is 4.74 Å². The van der Waals surface area contributed by atoms with Gasteiger partial charge in [0.25, 0.3) is 17.7 Å². The van der Waals surface area contributed by atoms with Crippen molar-refractivity contribution in [2.75, 3.05) is 30.4 Å². The Kier molecular flexibility index (Phi) is 7.40. The van der Waals surface area contributed by atoms with E-state index in [0.29, 0.717) is 34.1 Å². The lowest BCUT2D eigenvalue weighted by Gasteiger charge is -2.20. The maximum absolute atomic E-state index is 12.9. The molecule has 0 aliphatic carbocycles. The molecule has 160 valence electrons. The molecule has 7 nitrogen and oxygen atoms in total. The number of para-hydroxylation sites is 1. The Balaban J connectivity index is 1.68. The minimum atomic E-state index is -0.336. The number of amides is 3. The van der Waals surface area contributed by atoms with Gasteiger partial charge in [0, 0.05) is 19.3 Å². The van der Waals surface area contributed by atoms with Crippen LogP contribution in [0.4, 0.5) is 11.4 Å². The van der Waals surface area contributed by atoms with E-state index in [1.807, 2.05) is 18.4 Å². The van der Waals surface area contributed by atoms with Crippen molar-refractivity contribution < 1.29 is 19.1 Å². The summed E-state index contributed by atoms with van der Waals surface area (Å²) in [4.78, 5) is 39.1. The Morgan fingerprint density at radius 2 is 1.74 bits per heavy atom. The molecule has 0 spiro atoms. The second-order valence-corrected chi connectivity index (χ2v) is 7.53. The molecule has 2 N–H and O–H groups in total. The van der Waals surface area contributed by atoms with Crippen LogP contribution in [0.3, 0.4) is 0 Å². The van der Waals surface area contributed by atoms with Crippen LogP contribution in [0, 0.1) is 0 Å². The van der Waals surface area contributed by atoms with Crippen LogP contribution in [0.2, 0.25) is 0 Å². The Morgan fingerprint density at radius 1 is 1.00 bits per heavy atom. The van der Waals surface area contributed by atoms with E-state index in [1.54, 1.807) is 61.6 Å². The van der Waals surface area contributed by atoms with Crippen molar-refractivity contribution in [3.8, 4) is 5.75 Å². The standard InChI is InChI=1S/C23H23N3O4S/c1-3-24-21(27)15-30-17-12-10-16(11-13-17)25-22(28)18-7-4-5-8-19(18)26(2)23(29)20-9-6-14-31-20/h4-14H,3,15H2,1-2H3,(H,24,27)(H,25,28). The topological polar surface area (TPSA) is 87.7 Å². The number of likely N-dealkylation sites (N-methyl/N-ethyl adjacent to an activating group) is 1. The van der Waals surface area contributed by atoms with Crippen molar-refractivity contribution in [3.63, 3.8) is 0 Å². The Hall–Kier alpha value is -3.65. The van der Waals surface area contributed by atoms with E-state index in [0.717, 1.165) is 0 Å². The van der Waals surface area contributed by atoms with Gasteiger partial charge in [0.15, 0.2) is 6.61 Å². The molecule has 0 unspecified atom stereocenters. The van der Waals surface area contributed by atoms with E-state index < -0.39 is 0 Å². The zero-order valence-corrected chi connectivity index (χ0v) is 18.1. The lowest BCUT2D eigenvalue weighted by molar-refractivity contribution is -0.122. The number of anilines is 2. The van der Waals surface area contributed by atoms with Crippen LogP contribution >= 0.6 is 11.3 Å². The molecule has 3 rings (SSSR count). The number of thiophene rings is 1. The van der Waals surface area contributed by atoms with Crippen molar-refractivity contribution in [1.29, 1.82) is 0 Å². The summed E-state index contributed by atoms with van der Waals surface area (Å²) in [6.45, 7) is 2.31. The predicted molar refractivity (Wildman–Crippen MR) is 122 cm³/mol. The zero-order chi connectivity index (χ0) is 22.2. The first-order valence-electron chi connectivity index (χ1n) is 9.71. The molecular weight excluding hydrogens is 414 g/mol. The molecule has 31 heavy (non-hydrogen) atoms. The van der Waals surface area contributed by atoms with Gasteiger partial charge < -0.3 is 20.3 Å². The summed E-state index contributed by atoms with van der Waals surface area (Å²) in [5.41, 5.74) is 1.46. The molecule has 0 saturated heterocycles. The van der Waals surface area contributed by atoms with Gasteiger partial charge in [0.05, 0.1) is 16.1 Å². The highest BCUT2D eigenvalue weighted by Crippen LogP contribution is 2.24. The quantitative estimate of drug-likeness (QED) is 0.561. The lowest BCUT2D eigenvalue weighted by atomic mass is 10.1. The van der Waals surface area contributed by atoms with Gasteiger partial charge in [0.1, 0.15) is 5.75 Å². The zero-order valence-electron chi connectivity index (χ0n) is 17.3. The smallest absolute Gasteiger partial charge is 0.268 e. The van der Waals surface area contributed by atoms with Crippen LogP contribution in [0.15, 0.2) is 66.0 Å². The molecule has 0 radical (unpaired) electrons. The number of ether oxygens (including phenoxy) is 1. The maximum Gasteiger partial charge on any atom is 0.268 e. The average molecular weight is 438 g/mol. The SMILES string of the molecule is CCNC(=O)COc1ccc(NC(=O)c2ccccc2N(C)C(=O)c2cccs2)cc1. The molecule has 0 atom stereocenters. The second-order valence-electron chi connectivity index (χ2n) is 6.58. The maximum atomic E-state index is 12.9. The van der Waals surface area contributed by atoms with Gasteiger partial charge in [-0.1, -0.05) is 18.2 Å². The number of carbonyl (C=O) groups is 3. The fraction of sp³-hybridized carbons (Fsp3) is 0.174. The van der Waals surface area contributed by atoms with Crippen molar-refractivity contribution in [2.45, 2.75) is 6.92 Å². The molecule has 3 amide bonds. The van der Waals surface area contributed by atoms with Crippen LogP contribution in [0.25, 0.3) is 0 Å². The van der Waals surface area contributed by atoms with Gasteiger partial charge in [-0.15, -0.1) is 11.3 Å². The van der Waals surface area contributed by atoms with E-state index in [1.165, 1.54) is 16.2 Å². The number of hydrogen-bond acceptors (Lipinski definition) is 5. The van der Waals surface area contributed by atoms with Crippen LogP contribution in [-0.2, 0) is 4.79 Å². The van der Waals surface area contributed by atoms with Gasteiger partial charge >= 0.3 is 0 Å². The third kappa shape index (κ3) is 5.70. The molecule has 2 aromatic carbocycles. The van der Waals surface area contributed by atoms with E-state index in [2.05, 4.69) is 10.6 Å². The molecule has 1 heterocycles. The average Bonchev–Trinajstić information content (AvgIpc) is 3.33. The number of nitrogens with zero attached hydrogens (tertiary/aromatic N) is 1. The lowest BCUT2D eigenvalue weighted by Crippen LogP contribution is -2.28. The molecule has 0 aliphatic heterocycles. The molecule has 3 aromatic rings. The van der Waals surface area contributed by atoms with Crippen LogP contribution in [0.1, 0.15) is 27.0 Å². The summed E-state index contributed by atoms with van der Waals surface area (Å²) < 4.78 is 5.41. The van der Waals surface area contributed by atoms with Gasteiger partial charge in [0.2, 0.25) is 0 Å². The van der Waals surface area contributed by atoms with Crippen molar-refractivity contribution >= 4 is 40.4 Å². The minimum absolute atomic E-state index is 0.0719. The Morgan fingerprint density at radius 3 is 2.42 bits per heavy atom. The number of rotatable bonds is 8. The predicted octanol–water partition coefficient (Wildman–Crippen LogP) is 3.79. The van der Waals surface area contributed by atoms with Crippen LogP contribution in [-0.4, -0.2) is 37.9 Å². The third-order valence-electron chi connectivity index (χ3n) is 4.40. The molecule has 1 aromatic heterocycles. The summed E-state index contributed by atoms with van der Waals surface area (Å²) in [5, 5.41) is 7.32. The second kappa shape index (κ2) is 10.4. The summed E-state index contributed by atoms with van der Waals surface area (Å²) in [6, 6.07) is 17.2. The highest BCUT2D eigenvalue weighted by atomic mass is 32.1. The normalized spacial score (nSPS) is 10.3. The summed E-state index contributed by atoms with van der Waals surface area (Å²) >= 11 is 1.35. The number of nitrogens with one attached hydrogen (secondary N) is 2. The summed E-state index contributed by atoms with van der Waals surface area (Å²) in [7, 11) is 1.65. The first-order valence-corrected chi connectivity index (χ1v) is 10.6. The van der Waals surface area contributed by atoms with Crippen molar-refractivity contribution in [3.05, 3.63) is 76.5 Å². The first kappa shape index (κ1) is 22.0. The Labute approximate surface area is 184 Å². The highest BCUT2D eigenvalue weighted by molar-refractivity contribution is 7.12. The molecule has 0 saturated carbocycles. The molecule has 0 aliphatic rings. The van der Waals surface area contributed by atoms with Crippen molar-refractivity contribution in [2.24, 2.45) is 0 Å². The van der Waals surface area contributed by atoms with Crippen LogP contribution < -0.4 is 20.3 Å². The highest BCUT2D eigenvalue weighted by Gasteiger charge is 2.20. The van der Waals surface area contributed by atoms with Gasteiger partial charge in [-0.25, -0.2) is 0 Å². The largest absolute Gasteiger partial charge is 0.484 e. The van der Waals surface area contributed by atoms with Gasteiger partial charge in [-0.2, -0.15) is 0 Å². The third-order valence-corrected chi connectivity index (χ3v) is 5.26. The van der Waals surface area contributed by atoms with Gasteiger partial charge in [-0.05, 0) is 54.8 Å². The fourth-order valence-electron chi connectivity index (χ4n) is 2.86. The number of carbonyl (C=O) groups excluding carboxylic acids is 3. The van der Waals surface area contributed by atoms with E-state index in [9.17, 15) is 14.4 Å². The molecule has 8 heteroatoms. The number of hydrogen-bond donors (Lipinski definition) is 2. The monoisotopic (exact) mass is 437 g/mol. The first-order chi connectivity index (χ1) is 15.0. The molecule has 0 bridgehead atoms.